The predicted molar refractivity (Wildman–Crippen MR) is 70.9 cm³/mol. The molecule has 0 aliphatic carbocycles. The second-order valence-corrected chi connectivity index (χ2v) is 5.15. The fraction of sp³-hybridized carbons (Fsp3) is 0.400. The highest BCUT2D eigenvalue weighted by atomic mass is 32.1. The van der Waals surface area contributed by atoms with Gasteiger partial charge in [0.1, 0.15) is 6.20 Å². The van der Waals surface area contributed by atoms with Gasteiger partial charge in [0.2, 0.25) is 11.7 Å². The van der Waals surface area contributed by atoms with Gasteiger partial charge in [-0.1, -0.05) is 11.3 Å². The minimum atomic E-state index is -0.775. The highest BCUT2D eigenvalue weighted by Gasteiger charge is 2.33. The molecule has 1 atom stereocenters. The van der Waals surface area contributed by atoms with Crippen LogP contribution in [0.2, 0.25) is 0 Å². The number of hydrogen-bond donors (Lipinski definition) is 1. The van der Waals surface area contributed by atoms with E-state index < -0.39 is 16.9 Å². The highest BCUT2D eigenvalue weighted by Crippen LogP contribution is 2.31. The number of primary amides is 1. The second-order valence-electron chi connectivity index (χ2n) is 4.28. The summed E-state index contributed by atoms with van der Waals surface area (Å²) in [6.45, 7) is 0.867. The lowest BCUT2D eigenvalue weighted by Crippen LogP contribution is -2.48. The molecular formula is C10H11N5O4S. The number of ether oxygens (including phenoxy) is 1. The smallest absolute Gasteiger partial charge is 0.367 e. The molecular weight excluding hydrogens is 286 g/mol. The first-order valence-electron chi connectivity index (χ1n) is 5.83. The fourth-order valence-electron chi connectivity index (χ4n) is 2.16. The molecule has 1 unspecified atom stereocenters. The van der Waals surface area contributed by atoms with Gasteiger partial charge in [0.05, 0.1) is 13.2 Å². The zero-order valence-electron chi connectivity index (χ0n) is 10.3. The van der Waals surface area contributed by atoms with Crippen LogP contribution < -0.4 is 10.6 Å². The molecule has 0 saturated carbocycles. The molecule has 10 heteroatoms. The Morgan fingerprint density at radius 2 is 2.45 bits per heavy atom. The minimum absolute atomic E-state index is 0.105. The van der Waals surface area contributed by atoms with E-state index in [1.807, 2.05) is 0 Å². The van der Waals surface area contributed by atoms with Crippen molar-refractivity contribution >= 4 is 33.8 Å². The summed E-state index contributed by atoms with van der Waals surface area (Å²) in [5.74, 6) is -0.443. The number of thiazole rings is 1. The first-order chi connectivity index (χ1) is 9.58. The SMILES string of the molecule is NC(=O)C1CN(c2nc3sccn3c2[N+](=O)[O-])CCO1. The Hall–Kier alpha value is -2.20. The maximum Gasteiger partial charge on any atom is 0.373 e. The number of nitrogens with two attached hydrogens (primary N) is 1. The number of fused-ring (bicyclic) bond motifs is 1. The molecule has 9 nitrogen and oxygen atoms in total. The van der Waals surface area contributed by atoms with Crippen LogP contribution in [0.15, 0.2) is 11.6 Å². The van der Waals surface area contributed by atoms with Gasteiger partial charge in [-0.25, -0.2) is 0 Å². The number of hydrogen-bond acceptors (Lipinski definition) is 7. The maximum atomic E-state index is 11.3. The number of carbonyl (C=O) groups excluding carboxylic acids is 1. The molecule has 1 aliphatic heterocycles. The summed E-state index contributed by atoms with van der Waals surface area (Å²) in [6.07, 6.45) is 0.823. The van der Waals surface area contributed by atoms with Crippen LogP contribution in [-0.2, 0) is 9.53 Å². The summed E-state index contributed by atoms with van der Waals surface area (Å²) in [4.78, 5) is 28.4. The van der Waals surface area contributed by atoms with Crippen molar-refractivity contribution in [3.63, 3.8) is 0 Å². The molecule has 0 bridgehead atoms. The molecule has 2 N–H and O–H groups in total. The number of nitro groups is 1. The molecule has 20 heavy (non-hydrogen) atoms. The number of aromatic nitrogens is 2. The largest absolute Gasteiger partial charge is 0.373 e. The normalized spacial score (nSPS) is 19.4. The van der Waals surface area contributed by atoms with Crippen molar-refractivity contribution in [3.8, 4) is 0 Å². The number of nitrogens with zero attached hydrogens (tertiary/aromatic N) is 4. The van der Waals surface area contributed by atoms with Crippen molar-refractivity contribution in [1.82, 2.24) is 9.38 Å². The van der Waals surface area contributed by atoms with Crippen LogP contribution in [0.1, 0.15) is 0 Å². The van der Waals surface area contributed by atoms with E-state index in [-0.39, 0.29) is 24.8 Å². The lowest BCUT2D eigenvalue weighted by Gasteiger charge is -2.30. The lowest BCUT2D eigenvalue weighted by molar-refractivity contribution is -0.389. The summed E-state index contributed by atoms with van der Waals surface area (Å²) < 4.78 is 6.65. The Morgan fingerprint density at radius 3 is 3.15 bits per heavy atom. The van der Waals surface area contributed by atoms with Crippen LogP contribution in [0, 0.1) is 10.1 Å². The van der Waals surface area contributed by atoms with Crippen LogP contribution in [0.25, 0.3) is 4.96 Å². The van der Waals surface area contributed by atoms with Crippen LogP contribution in [0.5, 0.6) is 0 Å². The van der Waals surface area contributed by atoms with Crippen molar-refractivity contribution < 1.29 is 14.5 Å². The molecule has 0 radical (unpaired) electrons. The van der Waals surface area contributed by atoms with Gasteiger partial charge in [-0.15, -0.1) is 0 Å². The van der Waals surface area contributed by atoms with Gasteiger partial charge >= 0.3 is 5.82 Å². The molecule has 2 aromatic heterocycles. The van der Waals surface area contributed by atoms with Gasteiger partial charge in [-0.2, -0.15) is 9.38 Å². The zero-order chi connectivity index (χ0) is 14.3. The molecule has 3 rings (SSSR count). The van der Waals surface area contributed by atoms with Gasteiger partial charge < -0.3 is 25.5 Å². The second kappa shape index (κ2) is 4.72. The monoisotopic (exact) mass is 297 g/mol. The highest BCUT2D eigenvalue weighted by molar-refractivity contribution is 7.15. The third-order valence-electron chi connectivity index (χ3n) is 3.08. The third-order valence-corrected chi connectivity index (χ3v) is 3.83. The van der Waals surface area contributed by atoms with E-state index in [0.29, 0.717) is 11.5 Å². The molecule has 1 saturated heterocycles. The number of carbonyl (C=O) groups is 1. The average molecular weight is 297 g/mol. The van der Waals surface area contributed by atoms with Gasteiger partial charge in [0.15, 0.2) is 6.10 Å². The van der Waals surface area contributed by atoms with Crippen molar-refractivity contribution in [2.75, 3.05) is 24.6 Å². The Morgan fingerprint density at radius 1 is 1.65 bits per heavy atom. The van der Waals surface area contributed by atoms with E-state index >= 15 is 0 Å². The molecule has 2 aromatic rings. The first kappa shape index (κ1) is 12.8. The van der Waals surface area contributed by atoms with Crippen molar-refractivity contribution in [1.29, 1.82) is 0 Å². The summed E-state index contributed by atoms with van der Waals surface area (Å²) in [5.41, 5.74) is 5.21. The topological polar surface area (TPSA) is 116 Å². The van der Waals surface area contributed by atoms with Crippen LogP contribution in [0.4, 0.5) is 11.6 Å². The Balaban J connectivity index is 2.00. The Bertz CT molecular complexity index is 680. The Kier molecular flexibility index (Phi) is 3.03. The summed E-state index contributed by atoms with van der Waals surface area (Å²) in [7, 11) is 0. The number of morpholine rings is 1. The molecule has 106 valence electrons. The van der Waals surface area contributed by atoms with E-state index in [0.717, 1.165) is 0 Å². The number of anilines is 1. The standard InChI is InChI=1S/C10H11N5O4S/c11-7(16)6-5-13(1-3-19-6)8-9(15(17)18)14-2-4-20-10(14)12-8/h2,4,6H,1,3,5H2,(H2,11,16). The van der Waals surface area contributed by atoms with Gasteiger partial charge in [0.25, 0.3) is 4.96 Å². The minimum Gasteiger partial charge on any atom is -0.367 e. The predicted octanol–water partition coefficient (Wildman–Crippen LogP) is -0.00550. The lowest BCUT2D eigenvalue weighted by atomic mass is 10.2. The number of rotatable bonds is 3. The molecule has 1 fully saturated rings. The summed E-state index contributed by atoms with van der Waals surface area (Å²) >= 11 is 1.31. The molecule has 0 aromatic carbocycles. The molecule has 1 aliphatic rings. The van der Waals surface area contributed by atoms with Crippen LogP contribution >= 0.6 is 11.3 Å². The number of imidazole rings is 1. The van der Waals surface area contributed by atoms with Gasteiger partial charge in [-0.05, 0) is 4.92 Å². The number of amides is 1. The van der Waals surface area contributed by atoms with Crippen LogP contribution in [0.3, 0.4) is 0 Å². The fourth-order valence-corrected chi connectivity index (χ4v) is 2.86. The zero-order valence-corrected chi connectivity index (χ0v) is 11.1. The van der Waals surface area contributed by atoms with Gasteiger partial charge in [0, 0.05) is 11.9 Å². The third kappa shape index (κ3) is 1.98. The maximum absolute atomic E-state index is 11.3. The quantitative estimate of drug-likeness (QED) is 0.629. The summed E-state index contributed by atoms with van der Waals surface area (Å²) in [5, 5.41) is 13.0. The van der Waals surface area contributed by atoms with Gasteiger partial charge in [-0.3, -0.25) is 4.79 Å². The van der Waals surface area contributed by atoms with Crippen molar-refractivity contribution in [2.24, 2.45) is 5.73 Å². The summed E-state index contributed by atoms with van der Waals surface area (Å²) in [6, 6.07) is 0. The van der Waals surface area contributed by atoms with E-state index in [1.165, 1.54) is 15.7 Å². The average Bonchev–Trinajstić information content (AvgIpc) is 2.97. The Labute approximate surface area is 116 Å². The van der Waals surface area contributed by atoms with Crippen molar-refractivity contribution in [2.45, 2.75) is 6.10 Å². The van der Waals surface area contributed by atoms with Crippen molar-refractivity contribution in [3.05, 3.63) is 21.7 Å². The van der Waals surface area contributed by atoms with E-state index in [4.69, 9.17) is 10.5 Å². The van der Waals surface area contributed by atoms with E-state index in [2.05, 4.69) is 4.98 Å². The molecule has 0 spiro atoms. The van der Waals surface area contributed by atoms with E-state index in [9.17, 15) is 14.9 Å². The van der Waals surface area contributed by atoms with E-state index in [1.54, 1.807) is 16.5 Å². The first-order valence-corrected chi connectivity index (χ1v) is 6.71. The molecule has 3 heterocycles. The molecule has 1 amide bonds. The van der Waals surface area contributed by atoms with Crippen LogP contribution in [-0.4, -0.2) is 46.0 Å².